The molecule has 0 fully saturated rings. The van der Waals surface area contributed by atoms with Crippen molar-refractivity contribution in [1.29, 1.82) is 0 Å². The van der Waals surface area contributed by atoms with Crippen molar-refractivity contribution in [2.75, 3.05) is 0 Å². The first-order valence-corrected chi connectivity index (χ1v) is 8.21. The molecule has 0 aromatic heterocycles. The quantitative estimate of drug-likeness (QED) is 0.408. The molecule has 2 N–H and O–H groups in total. The maximum Gasteiger partial charge on any atom is 0.325 e. The molecular weight excluding hydrogens is 356 g/mol. The van der Waals surface area contributed by atoms with Crippen LogP contribution in [0.25, 0.3) is 0 Å². The predicted octanol–water partition coefficient (Wildman–Crippen LogP) is 2.01. The second-order valence-electron chi connectivity index (χ2n) is 5.81. The summed E-state index contributed by atoms with van der Waals surface area (Å²) in [5.74, 6) is -7.48. The smallest absolute Gasteiger partial charge is 0.325 e. The molecule has 27 heavy (non-hydrogen) atoms. The maximum absolute atomic E-state index is 12.0. The van der Waals surface area contributed by atoms with Crippen LogP contribution >= 0.6 is 0 Å². The summed E-state index contributed by atoms with van der Waals surface area (Å²) < 4.78 is 0. The lowest BCUT2D eigenvalue weighted by molar-refractivity contribution is -0.157. The van der Waals surface area contributed by atoms with E-state index in [4.69, 9.17) is 10.2 Å². The first-order chi connectivity index (χ1) is 12.3. The van der Waals surface area contributed by atoms with Crippen LogP contribution in [0, 0.1) is 11.3 Å². The molecule has 0 aromatic rings. The third kappa shape index (κ3) is 6.73. The molecule has 0 radical (unpaired) electrons. The van der Waals surface area contributed by atoms with E-state index in [0.29, 0.717) is 12.5 Å². The summed E-state index contributed by atoms with van der Waals surface area (Å²) in [7, 11) is 0. The zero-order chi connectivity index (χ0) is 21.9. The molecule has 8 heteroatoms. The van der Waals surface area contributed by atoms with Crippen LogP contribution in [-0.2, 0) is 28.8 Å². The van der Waals surface area contributed by atoms with Crippen LogP contribution < -0.4 is 0 Å². The van der Waals surface area contributed by atoms with Crippen LogP contribution in [0.15, 0.2) is 24.8 Å². The fourth-order valence-electron chi connectivity index (χ4n) is 2.36. The van der Waals surface area contributed by atoms with Crippen molar-refractivity contribution in [1.82, 2.24) is 0 Å². The molecule has 8 nitrogen and oxygen atoms in total. The summed E-state index contributed by atoms with van der Waals surface area (Å²) in [6, 6.07) is 0. The SMILES string of the molecule is C=C(C)C(=O)C(CC)(C(C)=O)C(=O)CCC.C=CC(=O)C(C(=O)O)C(=O)O. The fourth-order valence-corrected chi connectivity index (χ4v) is 2.36. The van der Waals surface area contributed by atoms with Gasteiger partial charge in [-0.05, 0) is 38.3 Å². The molecule has 0 rings (SSSR count). The Balaban J connectivity index is 0. The number of allylic oxidation sites excluding steroid dienone is 2. The summed E-state index contributed by atoms with van der Waals surface area (Å²) in [6.07, 6.45) is 1.78. The summed E-state index contributed by atoms with van der Waals surface area (Å²) in [5.41, 5.74) is -1.22. The number of carboxylic acids is 2. The van der Waals surface area contributed by atoms with E-state index in [-0.39, 0.29) is 30.0 Å². The predicted molar refractivity (Wildman–Crippen MR) is 97.1 cm³/mol. The van der Waals surface area contributed by atoms with Crippen LogP contribution in [0.2, 0.25) is 0 Å². The third-order valence-corrected chi connectivity index (χ3v) is 3.84. The van der Waals surface area contributed by atoms with Gasteiger partial charge in [0.2, 0.25) is 5.92 Å². The standard InChI is InChI=1S/C13H20O3.C6H6O5/c1-6-8-11(15)13(7-2,10(5)14)12(16)9(3)4;1-2-3(7)4(5(8)9)6(10)11/h3,6-8H2,1-2,4-5H3;2,4H,1H2,(H,8,9)(H,10,11). The molecule has 0 spiro atoms. The Hall–Kier alpha value is -2.90. The Bertz CT molecular complexity index is 645. The highest BCUT2D eigenvalue weighted by Gasteiger charge is 2.47. The number of ketones is 4. The van der Waals surface area contributed by atoms with Crippen molar-refractivity contribution in [2.45, 2.75) is 47.0 Å². The second kappa shape index (κ2) is 11.7. The Morgan fingerprint density at radius 1 is 1.00 bits per heavy atom. The van der Waals surface area contributed by atoms with Crippen molar-refractivity contribution in [3.8, 4) is 0 Å². The normalized spacial score (nSPS) is 12.0. The highest BCUT2D eigenvalue weighted by atomic mass is 16.4. The molecule has 0 aliphatic heterocycles. The zero-order valence-electron chi connectivity index (χ0n) is 16.0. The molecule has 0 bridgehead atoms. The zero-order valence-corrected chi connectivity index (χ0v) is 16.0. The van der Waals surface area contributed by atoms with Gasteiger partial charge in [0.25, 0.3) is 0 Å². The lowest BCUT2D eigenvalue weighted by atomic mass is 9.71. The number of rotatable bonds is 11. The molecule has 150 valence electrons. The number of carbonyl (C=O) groups excluding carboxylic acids is 4. The number of aliphatic carboxylic acids is 2. The van der Waals surface area contributed by atoms with Crippen LogP contribution in [0.5, 0.6) is 0 Å². The van der Waals surface area contributed by atoms with Gasteiger partial charge in [-0.25, -0.2) is 0 Å². The van der Waals surface area contributed by atoms with E-state index < -0.39 is 34.8 Å². The summed E-state index contributed by atoms with van der Waals surface area (Å²) in [6.45, 7) is 12.9. The number of carbonyl (C=O) groups is 6. The van der Waals surface area contributed by atoms with Gasteiger partial charge < -0.3 is 10.2 Å². The lowest BCUT2D eigenvalue weighted by Crippen LogP contribution is -2.45. The van der Waals surface area contributed by atoms with E-state index >= 15 is 0 Å². The Morgan fingerprint density at radius 3 is 1.63 bits per heavy atom. The van der Waals surface area contributed by atoms with Crippen molar-refractivity contribution in [3.63, 3.8) is 0 Å². The number of hydrogen-bond acceptors (Lipinski definition) is 6. The first kappa shape index (κ1) is 26.3. The van der Waals surface area contributed by atoms with Gasteiger partial charge in [-0.1, -0.05) is 27.0 Å². The van der Waals surface area contributed by atoms with Crippen molar-refractivity contribution in [3.05, 3.63) is 24.8 Å². The Labute approximate surface area is 157 Å². The summed E-state index contributed by atoms with van der Waals surface area (Å²) in [4.78, 5) is 66.4. The molecule has 1 atom stereocenters. The number of hydrogen-bond donors (Lipinski definition) is 2. The van der Waals surface area contributed by atoms with E-state index in [9.17, 15) is 28.8 Å². The van der Waals surface area contributed by atoms with Gasteiger partial charge in [0.1, 0.15) is 5.41 Å². The van der Waals surface area contributed by atoms with E-state index in [1.165, 1.54) is 13.8 Å². The minimum atomic E-state index is -2.02. The molecule has 1 unspecified atom stereocenters. The van der Waals surface area contributed by atoms with Gasteiger partial charge in [0.05, 0.1) is 0 Å². The minimum absolute atomic E-state index is 0.215. The molecule has 0 heterocycles. The Morgan fingerprint density at radius 2 is 1.44 bits per heavy atom. The minimum Gasteiger partial charge on any atom is -0.480 e. The number of carboxylic acid groups (broad SMARTS) is 2. The van der Waals surface area contributed by atoms with Gasteiger partial charge in [-0.15, -0.1) is 0 Å². The van der Waals surface area contributed by atoms with E-state index in [1.54, 1.807) is 6.92 Å². The monoisotopic (exact) mass is 382 g/mol. The molecule has 0 aromatic carbocycles. The van der Waals surface area contributed by atoms with Gasteiger partial charge in [-0.3, -0.25) is 28.8 Å². The Kier molecular flexibility index (Phi) is 11.4. The van der Waals surface area contributed by atoms with Gasteiger partial charge in [-0.2, -0.15) is 0 Å². The second-order valence-corrected chi connectivity index (χ2v) is 5.81. The van der Waals surface area contributed by atoms with Crippen LogP contribution in [0.3, 0.4) is 0 Å². The van der Waals surface area contributed by atoms with Gasteiger partial charge in [0, 0.05) is 6.42 Å². The third-order valence-electron chi connectivity index (χ3n) is 3.84. The van der Waals surface area contributed by atoms with E-state index in [0.717, 1.165) is 0 Å². The van der Waals surface area contributed by atoms with Crippen LogP contribution in [-0.4, -0.2) is 45.3 Å². The van der Waals surface area contributed by atoms with Crippen molar-refractivity contribution in [2.24, 2.45) is 11.3 Å². The van der Waals surface area contributed by atoms with Crippen molar-refractivity contribution >= 4 is 35.1 Å². The van der Waals surface area contributed by atoms with E-state index in [1.807, 2.05) is 6.92 Å². The highest BCUT2D eigenvalue weighted by molar-refractivity contribution is 6.27. The fraction of sp³-hybridized carbons (Fsp3) is 0.474. The maximum atomic E-state index is 12.0. The highest BCUT2D eigenvalue weighted by Crippen LogP contribution is 2.30. The van der Waals surface area contributed by atoms with Gasteiger partial charge >= 0.3 is 11.9 Å². The molecule has 0 saturated carbocycles. The van der Waals surface area contributed by atoms with Crippen LogP contribution in [0.1, 0.15) is 47.0 Å². The lowest BCUT2D eigenvalue weighted by Gasteiger charge is -2.27. The topological polar surface area (TPSA) is 143 Å². The molecule has 0 saturated heterocycles. The summed E-state index contributed by atoms with van der Waals surface area (Å²) >= 11 is 0. The molecule has 0 amide bonds. The largest absolute Gasteiger partial charge is 0.480 e. The molecule has 0 aliphatic carbocycles. The molecule has 0 aliphatic rings. The molecular formula is C19H26O8. The van der Waals surface area contributed by atoms with E-state index in [2.05, 4.69) is 13.2 Å². The average molecular weight is 382 g/mol. The average Bonchev–Trinajstić information content (AvgIpc) is 2.55. The number of Topliss-reactive ketones (excluding diaryl/α,β-unsaturated/α-hetero) is 3. The van der Waals surface area contributed by atoms with Crippen LogP contribution in [0.4, 0.5) is 0 Å². The first-order valence-electron chi connectivity index (χ1n) is 8.21. The van der Waals surface area contributed by atoms with Crippen molar-refractivity contribution < 1.29 is 39.0 Å². The summed E-state index contributed by atoms with van der Waals surface area (Å²) in [5, 5.41) is 16.4. The van der Waals surface area contributed by atoms with Gasteiger partial charge in [0.15, 0.2) is 23.1 Å².